The van der Waals surface area contributed by atoms with Crippen molar-refractivity contribution in [1.29, 1.82) is 0 Å². The molecule has 30 heavy (non-hydrogen) atoms. The summed E-state index contributed by atoms with van der Waals surface area (Å²) in [4.78, 5) is 16.2. The lowest BCUT2D eigenvalue weighted by Crippen LogP contribution is -2.35. The Morgan fingerprint density at radius 3 is 2.83 bits per heavy atom. The first-order valence-electron chi connectivity index (χ1n) is 10.2. The summed E-state index contributed by atoms with van der Waals surface area (Å²) in [6, 6.07) is 7.58. The minimum Gasteiger partial charge on any atom is -0.468 e. The number of fused-ring (bicyclic) bond motifs is 1. The molecule has 1 amide bonds. The third-order valence-corrected chi connectivity index (χ3v) is 4.96. The van der Waals surface area contributed by atoms with E-state index >= 15 is 0 Å². The van der Waals surface area contributed by atoms with Crippen LogP contribution in [0.1, 0.15) is 38.3 Å². The van der Waals surface area contributed by atoms with Crippen molar-refractivity contribution in [3.63, 3.8) is 0 Å². The fourth-order valence-electron chi connectivity index (χ4n) is 3.04. The Hall–Kier alpha value is -2.51. The van der Waals surface area contributed by atoms with E-state index in [1.807, 2.05) is 18.2 Å². The number of benzene rings is 1. The van der Waals surface area contributed by atoms with Crippen LogP contribution in [0, 0.1) is 5.41 Å². The molecule has 2 heterocycles. The smallest absolute Gasteiger partial charge is 0.258 e. The van der Waals surface area contributed by atoms with Gasteiger partial charge in [-0.15, -0.1) is 0 Å². The Balaban J connectivity index is 1.54. The van der Waals surface area contributed by atoms with Crippen molar-refractivity contribution in [1.82, 2.24) is 15.7 Å². The summed E-state index contributed by atoms with van der Waals surface area (Å²) < 4.78 is 5.48. The zero-order valence-corrected chi connectivity index (χ0v) is 18.5. The molecule has 0 saturated heterocycles. The molecule has 8 heteroatoms. The van der Waals surface area contributed by atoms with Crippen molar-refractivity contribution in [2.75, 3.05) is 30.4 Å². The van der Waals surface area contributed by atoms with Gasteiger partial charge in [-0.05, 0) is 36.0 Å². The van der Waals surface area contributed by atoms with E-state index < -0.39 is 0 Å². The summed E-state index contributed by atoms with van der Waals surface area (Å²) in [7, 11) is 0. The van der Waals surface area contributed by atoms with Gasteiger partial charge in [-0.3, -0.25) is 4.79 Å². The summed E-state index contributed by atoms with van der Waals surface area (Å²) >= 11 is 6.45. The third-order valence-electron chi connectivity index (χ3n) is 4.65. The first-order chi connectivity index (χ1) is 14.3. The minimum absolute atomic E-state index is 0.0369. The van der Waals surface area contributed by atoms with Gasteiger partial charge in [0.05, 0.1) is 16.4 Å². The number of pyridine rings is 1. The van der Waals surface area contributed by atoms with Crippen molar-refractivity contribution < 1.29 is 9.53 Å². The highest BCUT2D eigenvalue weighted by Gasteiger charge is 2.15. The Labute approximate surface area is 182 Å². The van der Waals surface area contributed by atoms with Crippen LogP contribution in [-0.4, -0.2) is 30.6 Å². The molecule has 0 atom stereocenters. The summed E-state index contributed by atoms with van der Waals surface area (Å²) in [6.07, 6.45) is 3.72. The fourth-order valence-corrected chi connectivity index (χ4v) is 3.29. The molecule has 0 bridgehead atoms. The van der Waals surface area contributed by atoms with Gasteiger partial charge < -0.3 is 20.8 Å². The van der Waals surface area contributed by atoms with Crippen LogP contribution in [0.3, 0.4) is 0 Å². The lowest BCUT2D eigenvalue weighted by molar-refractivity contribution is -0.123. The van der Waals surface area contributed by atoms with Crippen LogP contribution in [0.25, 0.3) is 0 Å². The van der Waals surface area contributed by atoms with Gasteiger partial charge in [-0.2, -0.15) is 0 Å². The fraction of sp³-hybridized carbons (Fsp3) is 0.455. The zero-order chi connectivity index (χ0) is 21.6. The van der Waals surface area contributed by atoms with Gasteiger partial charge in [-0.25, -0.2) is 10.4 Å². The molecule has 1 aromatic carbocycles. The van der Waals surface area contributed by atoms with E-state index in [0.717, 1.165) is 36.3 Å². The average Bonchev–Trinajstić information content (AvgIpc) is 2.96. The van der Waals surface area contributed by atoms with E-state index in [1.165, 1.54) is 5.56 Å². The average molecular weight is 432 g/mol. The van der Waals surface area contributed by atoms with Crippen molar-refractivity contribution in [2.45, 2.75) is 40.2 Å². The lowest BCUT2D eigenvalue weighted by Gasteiger charge is -2.18. The number of halogens is 1. The summed E-state index contributed by atoms with van der Waals surface area (Å²) in [6.45, 7) is 8.24. The molecule has 0 fully saturated rings. The maximum Gasteiger partial charge on any atom is 0.258 e. The van der Waals surface area contributed by atoms with E-state index in [0.29, 0.717) is 24.0 Å². The molecule has 2 aromatic rings. The Bertz CT molecular complexity index is 865. The summed E-state index contributed by atoms with van der Waals surface area (Å²) in [5, 5.41) is 7.00. The molecule has 0 saturated carbocycles. The topological polar surface area (TPSA) is 87.3 Å². The molecule has 0 unspecified atom stereocenters. The number of carbonyl (C=O) groups is 1. The van der Waals surface area contributed by atoms with Gasteiger partial charge in [0.25, 0.3) is 5.91 Å². The van der Waals surface area contributed by atoms with Gasteiger partial charge in [0, 0.05) is 37.5 Å². The normalized spacial score (nSPS) is 13.6. The molecule has 1 aliphatic rings. The van der Waals surface area contributed by atoms with Crippen LogP contribution < -0.4 is 26.2 Å². The molecule has 0 spiro atoms. The summed E-state index contributed by atoms with van der Waals surface area (Å²) in [5.74, 6) is 0.270. The second kappa shape index (κ2) is 10.00. The highest BCUT2D eigenvalue weighted by Crippen LogP contribution is 2.34. The van der Waals surface area contributed by atoms with Crippen molar-refractivity contribution in [3.8, 4) is 5.88 Å². The van der Waals surface area contributed by atoms with Gasteiger partial charge in [0.1, 0.15) is 0 Å². The number of ether oxygens (including phenoxy) is 1. The molecule has 162 valence electrons. The number of nitrogens with one attached hydrogen (secondary N) is 4. The van der Waals surface area contributed by atoms with Gasteiger partial charge >= 0.3 is 0 Å². The monoisotopic (exact) mass is 431 g/mol. The Morgan fingerprint density at radius 2 is 2.10 bits per heavy atom. The second-order valence-electron chi connectivity index (χ2n) is 8.59. The highest BCUT2D eigenvalue weighted by atomic mass is 35.5. The molecular weight excluding hydrogens is 402 g/mol. The number of aromatic nitrogens is 1. The summed E-state index contributed by atoms with van der Waals surface area (Å²) in [5.41, 5.74) is 10.6. The predicted octanol–water partition coefficient (Wildman–Crippen LogP) is 3.75. The molecule has 0 radical (unpaired) electrons. The van der Waals surface area contributed by atoms with Crippen LogP contribution in [0.5, 0.6) is 5.88 Å². The number of hydrogen-bond acceptors (Lipinski definition) is 6. The zero-order valence-electron chi connectivity index (χ0n) is 17.8. The number of hydrogen-bond donors (Lipinski definition) is 4. The Morgan fingerprint density at radius 1 is 1.27 bits per heavy atom. The first-order valence-corrected chi connectivity index (χ1v) is 10.6. The van der Waals surface area contributed by atoms with E-state index in [-0.39, 0.29) is 17.9 Å². The molecule has 3 rings (SSSR count). The lowest BCUT2D eigenvalue weighted by atomic mass is 9.97. The number of carbonyl (C=O) groups excluding carboxylic acids is 1. The molecule has 4 N–H and O–H groups in total. The first kappa shape index (κ1) is 22.2. The van der Waals surface area contributed by atoms with Gasteiger partial charge in [0.2, 0.25) is 5.88 Å². The van der Waals surface area contributed by atoms with Gasteiger partial charge in [-0.1, -0.05) is 38.4 Å². The van der Waals surface area contributed by atoms with Crippen LogP contribution in [0.2, 0.25) is 5.02 Å². The maximum atomic E-state index is 11.9. The maximum absolute atomic E-state index is 11.9. The predicted molar refractivity (Wildman–Crippen MR) is 121 cm³/mol. The molecular formula is C22H30ClN5O2. The third kappa shape index (κ3) is 6.50. The standard InChI is InChI=1S/C22H30ClN5O2/c1-22(2,3)14-26-19(29)13-30-20-9-6-15(11-24-20)12-25-21-16-5-4-10-27-28-18(16)8-7-17(21)23/h6-9,11,25,27-28H,4-5,10,12-14H2,1-3H3,(H,26,29). The molecule has 1 aliphatic heterocycles. The minimum atomic E-state index is -0.153. The second-order valence-corrected chi connectivity index (χ2v) is 9.00. The number of anilines is 2. The Kier molecular flexibility index (Phi) is 7.39. The van der Waals surface area contributed by atoms with Crippen LogP contribution >= 0.6 is 11.6 Å². The molecule has 7 nitrogen and oxygen atoms in total. The SMILES string of the molecule is CC(C)(C)CNC(=O)COc1ccc(CNc2c(Cl)ccc3c2CCCNN3)cn1. The van der Waals surface area contributed by atoms with Gasteiger partial charge in [0.15, 0.2) is 6.61 Å². The molecule has 0 aliphatic carbocycles. The van der Waals surface area contributed by atoms with Crippen molar-refractivity contribution in [2.24, 2.45) is 5.41 Å². The van der Waals surface area contributed by atoms with Crippen molar-refractivity contribution in [3.05, 3.63) is 46.6 Å². The largest absolute Gasteiger partial charge is 0.468 e. The quantitative estimate of drug-likeness (QED) is 0.534. The number of hydrazine groups is 1. The van der Waals surface area contributed by atoms with Crippen LogP contribution in [0.4, 0.5) is 11.4 Å². The number of nitrogens with zero attached hydrogens (tertiary/aromatic N) is 1. The molecule has 1 aromatic heterocycles. The number of amides is 1. The van der Waals surface area contributed by atoms with Crippen LogP contribution in [-0.2, 0) is 17.8 Å². The van der Waals surface area contributed by atoms with E-state index in [9.17, 15) is 4.79 Å². The van der Waals surface area contributed by atoms with Crippen LogP contribution in [0.15, 0.2) is 30.5 Å². The van der Waals surface area contributed by atoms with E-state index in [4.69, 9.17) is 16.3 Å². The van der Waals surface area contributed by atoms with E-state index in [1.54, 1.807) is 12.3 Å². The van der Waals surface area contributed by atoms with Crippen molar-refractivity contribution >= 4 is 28.9 Å². The van der Waals surface area contributed by atoms with E-state index in [2.05, 4.69) is 47.2 Å². The highest BCUT2D eigenvalue weighted by molar-refractivity contribution is 6.33. The number of rotatable bonds is 7.